The SMILES string of the molecule is COc1ccccc1NC(=O)Cc1nc(COC(=O)c2cc(F)c(Cl)cc2Cl)cs1. The summed E-state index contributed by atoms with van der Waals surface area (Å²) in [4.78, 5) is 28.7. The number of benzene rings is 2. The molecule has 0 radical (unpaired) electrons. The zero-order valence-electron chi connectivity index (χ0n) is 15.6. The Bertz CT molecular complexity index is 1090. The molecule has 0 spiro atoms. The largest absolute Gasteiger partial charge is 0.495 e. The monoisotopic (exact) mass is 468 g/mol. The van der Waals surface area contributed by atoms with E-state index in [4.69, 9.17) is 32.7 Å². The van der Waals surface area contributed by atoms with E-state index in [0.29, 0.717) is 22.1 Å². The topological polar surface area (TPSA) is 77.5 Å². The van der Waals surface area contributed by atoms with Gasteiger partial charge in [0.15, 0.2) is 0 Å². The van der Waals surface area contributed by atoms with Gasteiger partial charge in [-0.1, -0.05) is 35.3 Å². The van der Waals surface area contributed by atoms with Crippen molar-refractivity contribution in [3.8, 4) is 5.75 Å². The van der Waals surface area contributed by atoms with Crippen molar-refractivity contribution in [1.82, 2.24) is 4.98 Å². The summed E-state index contributed by atoms with van der Waals surface area (Å²) in [6, 6.07) is 9.11. The quantitative estimate of drug-likeness (QED) is 0.383. The lowest BCUT2D eigenvalue weighted by Gasteiger charge is -2.08. The Morgan fingerprint density at radius 1 is 1.20 bits per heavy atom. The molecule has 1 heterocycles. The van der Waals surface area contributed by atoms with Crippen LogP contribution in [0.4, 0.5) is 10.1 Å². The van der Waals surface area contributed by atoms with Gasteiger partial charge in [0.1, 0.15) is 23.2 Å². The Morgan fingerprint density at radius 2 is 1.97 bits per heavy atom. The number of rotatable bonds is 7. The van der Waals surface area contributed by atoms with Gasteiger partial charge in [-0.2, -0.15) is 0 Å². The first-order chi connectivity index (χ1) is 14.4. The number of anilines is 1. The van der Waals surface area contributed by atoms with Crippen LogP contribution in [0.2, 0.25) is 10.0 Å². The van der Waals surface area contributed by atoms with Gasteiger partial charge in [0.25, 0.3) is 0 Å². The number of amides is 1. The highest BCUT2D eigenvalue weighted by Gasteiger charge is 2.17. The number of carbonyl (C=O) groups is 2. The smallest absolute Gasteiger partial charge is 0.340 e. The fourth-order valence-electron chi connectivity index (χ4n) is 2.47. The molecule has 0 aliphatic carbocycles. The van der Waals surface area contributed by atoms with E-state index in [1.807, 2.05) is 0 Å². The Balaban J connectivity index is 1.57. The molecule has 10 heteroatoms. The van der Waals surface area contributed by atoms with E-state index in [2.05, 4.69) is 10.3 Å². The van der Waals surface area contributed by atoms with Crippen molar-refractivity contribution in [1.29, 1.82) is 0 Å². The maximum absolute atomic E-state index is 13.6. The summed E-state index contributed by atoms with van der Waals surface area (Å²) < 4.78 is 23.9. The van der Waals surface area contributed by atoms with E-state index in [-0.39, 0.29) is 34.5 Å². The van der Waals surface area contributed by atoms with Crippen molar-refractivity contribution < 1.29 is 23.5 Å². The van der Waals surface area contributed by atoms with Crippen LogP contribution in [-0.4, -0.2) is 24.0 Å². The van der Waals surface area contributed by atoms with Gasteiger partial charge >= 0.3 is 5.97 Å². The van der Waals surface area contributed by atoms with E-state index in [0.717, 1.165) is 12.1 Å². The van der Waals surface area contributed by atoms with Crippen LogP contribution in [0.5, 0.6) is 5.75 Å². The fourth-order valence-corrected chi connectivity index (χ4v) is 3.71. The molecule has 1 N–H and O–H groups in total. The van der Waals surface area contributed by atoms with E-state index in [9.17, 15) is 14.0 Å². The number of halogens is 3. The van der Waals surface area contributed by atoms with Gasteiger partial charge < -0.3 is 14.8 Å². The average molecular weight is 469 g/mol. The molecule has 3 rings (SSSR count). The van der Waals surface area contributed by atoms with Crippen molar-refractivity contribution in [2.24, 2.45) is 0 Å². The number of ether oxygens (including phenoxy) is 2. The molecular formula is C20H15Cl2FN2O4S. The van der Waals surface area contributed by atoms with Gasteiger partial charge in [0.05, 0.1) is 40.5 Å². The van der Waals surface area contributed by atoms with E-state index < -0.39 is 11.8 Å². The van der Waals surface area contributed by atoms with Crippen molar-refractivity contribution in [2.75, 3.05) is 12.4 Å². The molecule has 0 bridgehead atoms. The summed E-state index contributed by atoms with van der Waals surface area (Å²) in [7, 11) is 1.52. The summed E-state index contributed by atoms with van der Waals surface area (Å²) >= 11 is 12.8. The van der Waals surface area contributed by atoms with Gasteiger partial charge in [0.2, 0.25) is 5.91 Å². The average Bonchev–Trinajstić information content (AvgIpc) is 3.16. The second-order valence-electron chi connectivity index (χ2n) is 5.98. The lowest BCUT2D eigenvalue weighted by Crippen LogP contribution is -2.15. The van der Waals surface area contributed by atoms with E-state index in [1.165, 1.54) is 18.4 Å². The summed E-state index contributed by atoms with van der Waals surface area (Å²) in [6.07, 6.45) is 0.0465. The molecule has 1 amide bonds. The Labute approximate surface area is 185 Å². The number of nitrogens with zero attached hydrogens (tertiary/aromatic N) is 1. The van der Waals surface area contributed by atoms with Crippen molar-refractivity contribution >= 4 is 52.1 Å². The van der Waals surface area contributed by atoms with Gasteiger partial charge in [-0.3, -0.25) is 4.79 Å². The van der Waals surface area contributed by atoms with Crippen molar-refractivity contribution in [2.45, 2.75) is 13.0 Å². The minimum atomic E-state index is -0.806. The third kappa shape index (κ3) is 5.47. The Morgan fingerprint density at radius 3 is 2.73 bits per heavy atom. The van der Waals surface area contributed by atoms with E-state index >= 15 is 0 Å². The molecule has 3 aromatic rings. The third-order valence-corrected chi connectivity index (χ3v) is 5.37. The molecular weight excluding hydrogens is 454 g/mol. The highest BCUT2D eigenvalue weighted by molar-refractivity contribution is 7.09. The maximum atomic E-state index is 13.6. The summed E-state index contributed by atoms with van der Waals surface area (Å²) in [5, 5.41) is 4.78. The van der Waals surface area contributed by atoms with Crippen molar-refractivity contribution in [3.63, 3.8) is 0 Å². The summed E-state index contributed by atoms with van der Waals surface area (Å²) in [5.41, 5.74) is 0.881. The van der Waals surface area contributed by atoms with Crippen LogP contribution in [0.25, 0.3) is 0 Å². The van der Waals surface area contributed by atoms with Crippen molar-refractivity contribution in [3.05, 3.63) is 73.9 Å². The zero-order chi connectivity index (χ0) is 21.7. The predicted octanol–water partition coefficient (Wildman–Crippen LogP) is 5.14. The summed E-state index contributed by atoms with van der Waals surface area (Å²) in [6.45, 7) is -0.149. The van der Waals surface area contributed by atoms with Crippen LogP contribution in [0, 0.1) is 5.82 Å². The number of nitrogens with one attached hydrogen (secondary N) is 1. The second-order valence-corrected chi connectivity index (χ2v) is 7.74. The first kappa shape index (κ1) is 22.0. The van der Waals surface area contributed by atoms with Gasteiger partial charge in [-0.05, 0) is 24.3 Å². The molecule has 156 valence electrons. The van der Waals surface area contributed by atoms with Crippen LogP contribution in [0.15, 0.2) is 41.8 Å². The van der Waals surface area contributed by atoms with Gasteiger partial charge in [0, 0.05) is 5.38 Å². The summed E-state index contributed by atoms with van der Waals surface area (Å²) in [5.74, 6) is -1.29. The highest BCUT2D eigenvalue weighted by atomic mass is 35.5. The third-order valence-electron chi connectivity index (χ3n) is 3.87. The van der Waals surface area contributed by atoms with E-state index in [1.54, 1.807) is 29.6 Å². The lowest BCUT2D eigenvalue weighted by molar-refractivity contribution is -0.115. The Hall–Kier alpha value is -2.68. The predicted molar refractivity (Wildman–Crippen MR) is 113 cm³/mol. The van der Waals surface area contributed by atoms with Crippen LogP contribution in [-0.2, 0) is 22.6 Å². The number of aromatic nitrogens is 1. The minimum absolute atomic E-state index is 0.0154. The standard InChI is InChI=1S/C20H15Cl2FN2O4S/c1-28-17-5-3-2-4-16(17)25-18(26)8-19-24-11(10-30-19)9-29-20(27)12-6-15(23)14(22)7-13(12)21/h2-7,10H,8-9H2,1H3,(H,25,26). The number of carbonyl (C=O) groups excluding carboxylic acids is 2. The van der Waals surface area contributed by atoms with Crippen LogP contribution < -0.4 is 10.1 Å². The number of esters is 1. The molecule has 0 aliphatic heterocycles. The molecule has 2 aromatic carbocycles. The normalized spacial score (nSPS) is 10.5. The van der Waals surface area contributed by atoms with Gasteiger partial charge in [-0.15, -0.1) is 11.3 Å². The van der Waals surface area contributed by atoms with Crippen LogP contribution in [0.3, 0.4) is 0 Å². The number of hydrogen-bond donors (Lipinski definition) is 1. The number of methoxy groups -OCH3 is 1. The molecule has 0 saturated heterocycles. The number of hydrogen-bond acceptors (Lipinski definition) is 6. The van der Waals surface area contributed by atoms with Gasteiger partial charge in [-0.25, -0.2) is 14.2 Å². The number of para-hydroxylation sites is 2. The molecule has 0 saturated carbocycles. The molecule has 0 unspecified atom stereocenters. The lowest BCUT2D eigenvalue weighted by atomic mass is 10.2. The zero-order valence-corrected chi connectivity index (χ0v) is 17.9. The Kier molecular flexibility index (Phi) is 7.25. The molecule has 6 nitrogen and oxygen atoms in total. The molecule has 0 aliphatic rings. The second kappa shape index (κ2) is 9.88. The molecule has 0 fully saturated rings. The first-order valence-corrected chi connectivity index (χ1v) is 10.2. The highest BCUT2D eigenvalue weighted by Crippen LogP contribution is 2.26. The molecule has 30 heavy (non-hydrogen) atoms. The van der Waals surface area contributed by atoms with Crippen LogP contribution in [0.1, 0.15) is 21.1 Å². The molecule has 0 atom stereocenters. The molecule has 1 aromatic heterocycles. The maximum Gasteiger partial charge on any atom is 0.340 e. The minimum Gasteiger partial charge on any atom is -0.495 e. The number of thiazole rings is 1. The van der Waals surface area contributed by atoms with Crippen LogP contribution >= 0.6 is 34.5 Å². The first-order valence-electron chi connectivity index (χ1n) is 8.55. The fraction of sp³-hybridized carbons (Fsp3) is 0.150.